The van der Waals surface area contributed by atoms with Crippen LogP contribution in [0.5, 0.6) is 0 Å². The van der Waals surface area contributed by atoms with Gasteiger partial charge in [0.05, 0.1) is 11.3 Å². The summed E-state index contributed by atoms with van der Waals surface area (Å²) in [5, 5.41) is 5.75. The molecule has 27 heavy (non-hydrogen) atoms. The SMILES string of the molecule is Cc1ccc(NC(=O)CSc2ccccc2C(=O)Nc2ccccc2)cc1. The number of benzene rings is 3. The molecule has 0 aliphatic heterocycles. The zero-order chi connectivity index (χ0) is 19.1. The van der Waals surface area contributed by atoms with Gasteiger partial charge in [0.2, 0.25) is 5.91 Å². The number of thioether (sulfide) groups is 1. The van der Waals surface area contributed by atoms with E-state index in [0.717, 1.165) is 21.8 Å². The van der Waals surface area contributed by atoms with Gasteiger partial charge in [0.1, 0.15) is 0 Å². The van der Waals surface area contributed by atoms with Crippen molar-refractivity contribution in [2.45, 2.75) is 11.8 Å². The predicted octanol–water partition coefficient (Wildman–Crippen LogP) is 4.98. The van der Waals surface area contributed by atoms with Gasteiger partial charge in [-0.2, -0.15) is 0 Å². The smallest absolute Gasteiger partial charge is 0.256 e. The summed E-state index contributed by atoms with van der Waals surface area (Å²) in [5.74, 6) is -0.0749. The lowest BCUT2D eigenvalue weighted by Crippen LogP contribution is -2.15. The van der Waals surface area contributed by atoms with E-state index in [0.29, 0.717) is 5.56 Å². The molecule has 0 aliphatic carbocycles. The molecule has 4 nitrogen and oxygen atoms in total. The minimum Gasteiger partial charge on any atom is -0.325 e. The minimum atomic E-state index is -0.191. The molecule has 0 unspecified atom stereocenters. The van der Waals surface area contributed by atoms with E-state index in [2.05, 4.69) is 10.6 Å². The Balaban J connectivity index is 1.62. The van der Waals surface area contributed by atoms with Gasteiger partial charge in [0.25, 0.3) is 5.91 Å². The van der Waals surface area contributed by atoms with Crippen molar-refractivity contribution in [1.82, 2.24) is 0 Å². The van der Waals surface area contributed by atoms with Crippen molar-refractivity contribution in [3.8, 4) is 0 Å². The molecule has 136 valence electrons. The zero-order valence-electron chi connectivity index (χ0n) is 14.9. The molecule has 3 aromatic rings. The van der Waals surface area contributed by atoms with E-state index in [4.69, 9.17) is 0 Å². The summed E-state index contributed by atoms with van der Waals surface area (Å²) in [6.45, 7) is 2.00. The molecule has 0 aromatic heterocycles. The fourth-order valence-electron chi connectivity index (χ4n) is 2.48. The summed E-state index contributed by atoms with van der Waals surface area (Å²) >= 11 is 1.34. The van der Waals surface area contributed by atoms with Gasteiger partial charge < -0.3 is 10.6 Å². The second-order valence-electron chi connectivity index (χ2n) is 6.02. The number of nitrogens with one attached hydrogen (secondary N) is 2. The van der Waals surface area contributed by atoms with E-state index in [1.54, 1.807) is 6.07 Å². The van der Waals surface area contributed by atoms with Crippen molar-refractivity contribution in [2.24, 2.45) is 0 Å². The third kappa shape index (κ3) is 5.46. The number of carbonyl (C=O) groups excluding carboxylic acids is 2. The van der Waals surface area contributed by atoms with Crippen LogP contribution in [0.25, 0.3) is 0 Å². The van der Waals surface area contributed by atoms with E-state index in [9.17, 15) is 9.59 Å². The van der Waals surface area contributed by atoms with Crippen LogP contribution in [-0.2, 0) is 4.79 Å². The topological polar surface area (TPSA) is 58.2 Å². The number of anilines is 2. The van der Waals surface area contributed by atoms with Crippen molar-refractivity contribution >= 4 is 35.0 Å². The van der Waals surface area contributed by atoms with Gasteiger partial charge in [-0.3, -0.25) is 9.59 Å². The van der Waals surface area contributed by atoms with Crippen LogP contribution >= 0.6 is 11.8 Å². The molecule has 0 fully saturated rings. The number of amides is 2. The molecule has 0 atom stereocenters. The molecule has 3 rings (SSSR count). The van der Waals surface area contributed by atoms with Gasteiger partial charge in [0, 0.05) is 16.3 Å². The normalized spacial score (nSPS) is 10.3. The van der Waals surface area contributed by atoms with Crippen molar-refractivity contribution in [3.05, 3.63) is 90.0 Å². The van der Waals surface area contributed by atoms with Crippen molar-refractivity contribution in [3.63, 3.8) is 0 Å². The van der Waals surface area contributed by atoms with Crippen LogP contribution < -0.4 is 10.6 Å². The molecule has 0 spiro atoms. The van der Waals surface area contributed by atoms with Crippen LogP contribution in [0.15, 0.2) is 83.8 Å². The van der Waals surface area contributed by atoms with Gasteiger partial charge in [-0.1, -0.05) is 48.0 Å². The minimum absolute atomic E-state index is 0.109. The Morgan fingerprint density at radius 3 is 2.15 bits per heavy atom. The highest BCUT2D eigenvalue weighted by atomic mass is 32.2. The summed E-state index contributed by atoms with van der Waals surface area (Å²) < 4.78 is 0. The van der Waals surface area contributed by atoms with Gasteiger partial charge in [-0.25, -0.2) is 0 Å². The van der Waals surface area contributed by atoms with Crippen molar-refractivity contribution in [2.75, 3.05) is 16.4 Å². The van der Waals surface area contributed by atoms with Crippen LogP contribution in [0.2, 0.25) is 0 Å². The Kier molecular flexibility index (Phi) is 6.28. The summed E-state index contributed by atoms with van der Waals surface area (Å²) in [5.41, 5.74) is 3.19. The zero-order valence-corrected chi connectivity index (χ0v) is 15.8. The number of para-hydroxylation sites is 1. The van der Waals surface area contributed by atoms with Crippen LogP contribution in [-0.4, -0.2) is 17.6 Å². The maximum atomic E-state index is 12.6. The van der Waals surface area contributed by atoms with Crippen LogP contribution in [0.3, 0.4) is 0 Å². The molecule has 2 amide bonds. The number of hydrogen-bond donors (Lipinski definition) is 2. The highest BCUT2D eigenvalue weighted by molar-refractivity contribution is 8.00. The van der Waals surface area contributed by atoms with Crippen LogP contribution in [0.1, 0.15) is 15.9 Å². The molecule has 0 bridgehead atoms. The molecule has 0 saturated carbocycles. The molecular formula is C22H20N2O2S. The number of aryl methyl sites for hydroxylation is 1. The number of hydrogen-bond acceptors (Lipinski definition) is 3. The lowest BCUT2D eigenvalue weighted by molar-refractivity contribution is -0.113. The van der Waals surface area contributed by atoms with E-state index >= 15 is 0 Å². The first kappa shape index (κ1) is 18.7. The maximum Gasteiger partial charge on any atom is 0.256 e. The molecule has 0 saturated heterocycles. The molecule has 0 radical (unpaired) electrons. The lowest BCUT2D eigenvalue weighted by atomic mass is 10.2. The average Bonchev–Trinajstić information content (AvgIpc) is 2.69. The molecule has 3 aromatic carbocycles. The molecule has 2 N–H and O–H groups in total. The second kappa shape index (κ2) is 9.05. The fraction of sp³-hybridized carbons (Fsp3) is 0.0909. The highest BCUT2D eigenvalue weighted by Gasteiger charge is 2.13. The van der Waals surface area contributed by atoms with Gasteiger partial charge in [-0.05, 0) is 43.3 Å². The van der Waals surface area contributed by atoms with Crippen molar-refractivity contribution in [1.29, 1.82) is 0 Å². The first-order chi connectivity index (χ1) is 13.1. The summed E-state index contributed by atoms with van der Waals surface area (Å²) in [7, 11) is 0. The molecular weight excluding hydrogens is 356 g/mol. The quantitative estimate of drug-likeness (QED) is 0.597. The second-order valence-corrected chi connectivity index (χ2v) is 7.04. The molecule has 5 heteroatoms. The van der Waals surface area contributed by atoms with E-state index < -0.39 is 0 Å². The first-order valence-electron chi connectivity index (χ1n) is 8.56. The van der Waals surface area contributed by atoms with Crippen LogP contribution in [0.4, 0.5) is 11.4 Å². The van der Waals surface area contributed by atoms with E-state index in [-0.39, 0.29) is 17.6 Å². The Morgan fingerprint density at radius 2 is 1.41 bits per heavy atom. The molecule has 0 heterocycles. The highest BCUT2D eigenvalue weighted by Crippen LogP contribution is 2.24. The summed E-state index contributed by atoms with van der Waals surface area (Å²) in [6, 6.07) is 24.2. The van der Waals surface area contributed by atoms with Crippen molar-refractivity contribution < 1.29 is 9.59 Å². The largest absolute Gasteiger partial charge is 0.325 e. The first-order valence-corrected chi connectivity index (χ1v) is 9.55. The van der Waals surface area contributed by atoms with E-state index in [1.165, 1.54) is 11.8 Å². The lowest BCUT2D eigenvalue weighted by Gasteiger charge is -2.10. The Hall–Kier alpha value is -3.05. The van der Waals surface area contributed by atoms with Crippen LogP contribution in [0, 0.1) is 6.92 Å². The predicted molar refractivity (Wildman–Crippen MR) is 111 cm³/mol. The Bertz CT molecular complexity index is 925. The van der Waals surface area contributed by atoms with E-state index in [1.807, 2.05) is 79.7 Å². The number of rotatable bonds is 6. The average molecular weight is 376 g/mol. The Morgan fingerprint density at radius 1 is 0.778 bits per heavy atom. The summed E-state index contributed by atoms with van der Waals surface area (Å²) in [4.78, 5) is 25.6. The third-order valence-electron chi connectivity index (χ3n) is 3.86. The number of carbonyl (C=O) groups is 2. The van der Waals surface area contributed by atoms with Gasteiger partial charge in [0.15, 0.2) is 0 Å². The Labute approximate surface area is 163 Å². The maximum absolute atomic E-state index is 12.6. The van der Waals surface area contributed by atoms with Gasteiger partial charge in [-0.15, -0.1) is 11.8 Å². The fourth-order valence-corrected chi connectivity index (χ4v) is 3.33. The standard InChI is InChI=1S/C22H20N2O2S/c1-16-11-13-18(14-12-16)23-21(25)15-27-20-10-6-5-9-19(20)22(26)24-17-7-3-2-4-8-17/h2-14H,15H2,1H3,(H,23,25)(H,24,26). The monoisotopic (exact) mass is 376 g/mol. The van der Waals surface area contributed by atoms with Gasteiger partial charge >= 0.3 is 0 Å². The third-order valence-corrected chi connectivity index (χ3v) is 4.93. The molecule has 0 aliphatic rings. The summed E-state index contributed by atoms with van der Waals surface area (Å²) in [6.07, 6.45) is 0.